The lowest BCUT2D eigenvalue weighted by Gasteiger charge is -2.29. The first-order valence-corrected chi connectivity index (χ1v) is 10.2. The van der Waals surface area contributed by atoms with Crippen LogP contribution in [0.25, 0.3) is 0 Å². The van der Waals surface area contributed by atoms with E-state index < -0.39 is 0 Å². The first-order chi connectivity index (χ1) is 14.2. The van der Waals surface area contributed by atoms with Crippen molar-refractivity contribution in [3.63, 3.8) is 0 Å². The highest BCUT2D eigenvalue weighted by molar-refractivity contribution is 5.94. The number of carbonyl (C=O) groups excluding carboxylic acids is 1. The summed E-state index contributed by atoms with van der Waals surface area (Å²) in [5.41, 5.74) is 3.77. The van der Waals surface area contributed by atoms with E-state index in [4.69, 9.17) is 0 Å². The lowest BCUT2D eigenvalue weighted by Crippen LogP contribution is -2.29. The first-order valence-electron chi connectivity index (χ1n) is 10.2. The van der Waals surface area contributed by atoms with Crippen LogP contribution in [0.15, 0.2) is 71.6 Å². The number of hydrogen-bond donors (Lipinski definition) is 1. The summed E-state index contributed by atoms with van der Waals surface area (Å²) in [6.45, 7) is 8.27. The predicted octanol–water partition coefficient (Wildman–Crippen LogP) is 4.11. The molecular formula is C24H32N4O. The van der Waals surface area contributed by atoms with Gasteiger partial charge in [0.05, 0.1) is 5.70 Å². The van der Waals surface area contributed by atoms with Crippen LogP contribution < -0.4 is 5.32 Å². The van der Waals surface area contributed by atoms with Crippen LogP contribution in [-0.4, -0.2) is 48.7 Å². The van der Waals surface area contributed by atoms with Gasteiger partial charge in [0, 0.05) is 56.8 Å². The molecule has 1 saturated heterocycles. The van der Waals surface area contributed by atoms with Gasteiger partial charge in [-0.05, 0) is 50.0 Å². The number of likely N-dealkylation sites (tertiary alicyclic amines) is 1. The molecule has 0 spiro atoms. The summed E-state index contributed by atoms with van der Waals surface area (Å²) >= 11 is 0. The maximum Gasteiger partial charge on any atom is 0.251 e. The van der Waals surface area contributed by atoms with E-state index in [1.807, 2.05) is 26.3 Å². The monoisotopic (exact) mass is 392 g/mol. The highest BCUT2D eigenvalue weighted by Gasteiger charge is 2.11. The number of nitrogens with one attached hydrogen (secondary N) is 1. The van der Waals surface area contributed by atoms with E-state index >= 15 is 0 Å². The Bertz CT molecular complexity index is 799. The van der Waals surface area contributed by atoms with Crippen LogP contribution in [0.2, 0.25) is 0 Å². The van der Waals surface area contributed by atoms with Crippen LogP contribution in [0.4, 0.5) is 0 Å². The molecule has 1 aromatic heterocycles. The van der Waals surface area contributed by atoms with Gasteiger partial charge in [0.15, 0.2) is 0 Å². The van der Waals surface area contributed by atoms with E-state index in [0.29, 0.717) is 18.5 Å². The van der Waals surface area contributed by atoms with Crippen LogP contribution in [0.1, 0.15) is 42.2 Å². The zero-order valence-corrected chi connectivity index (χ0v) is 17.6. The average molecular weight is 393 g/mol. The number of piperidine rings is 1. The molecule has 1 aromatic rings. The number of nitrogens with zero attached hydrogens (tertiary/aromatic N) is 3. The summed E-state index contributed by atoms with van der Waals surface area (Å²) in [6.07, 6.45) is 18.1. The SMILES string of the molecule is C=CCNC(=O)c1ccnc(CC(=C/C)/C=C/C=C(\C=N/C)N2CCCCC2)c1. The second-order valence-corrected chi connectivity index (χ2v) is 6.96. The van der Waals surface area contributed by atoms with E-state index in [1.54, 1.807) is 18.3 Å². The average Bonchev–Trinajstić information content (AvgIpc) is 2.76. The molecule has 0 saturated carbocycles. The third-order valence-electron chi connectivity index (χ3n) is 4.80. The smallest absolute Gasteiger partial charge is 0.251 e. The molecule has 1 amide bonds. The van der Waals surface area contributed by atoms with Crippen LogP contribution in [0.5, 0.6) is 0 Å². The second-order valence-electron chi connectivity index (χ2n) is 6.96. The largest absolute Gasteiger partial charge is 0.370 e. The Morgan fingerprint density at radius 2 is 2.14 bits per heavy atom. The van der Waals surface area contributed by atoms with Crippen molar-refractivity contribution in [2.24, 2.45) is 4.99 Å². The van der Waals surface area contributed by atoms with Crippen LogP contribution in [0.3, 0.4) is 0 Å². The molecule has 0 aliphatic carbocycles. The standard InChI is InChI=1S/C24H32N4O/c1-4-13-27-24(29)21-12-14-26-22(18-21)17-20(5-2)10-9-11-23(19-25-3)28-15-7-6-8-16-28/h4-5,9-12,14,18-19H,1,6-8,13,15-17H2,2-3H3,(H,27,29)/b10-9+,20-5+,23-11+,25-19-. The molecule has 0 aromatic carbocycles. The molecule has 1 aliphatic heterocycles. The molecule has 1 fully saturated rings. The fraction of sp³-hybridized carbons (Fsp3) is 0.375. The van der Waals surface area contributed by atoms with Crippen LogP contribution in [-0.2, 0) is 6.42 Å². The quantitative estimate of drug-likeness (QED) is 0.391. The Balaban J connectivity index is 2.06. The zero-order valence-electron chi connectivity index (χ0n) is 17.6. The third-order valence-corrected chi connectivity index (χ3v) is 4.80. The van der Waals surface area contributed by atoms with Crippen LogP contribution >= 0.6 is 0 Å². The van der Waals surface area contributed by atoms with Crippen molar-refractivity contribution in [1.29, 1.82) is 0 Å². The van der Waals surface area contributed by atoms with E-state index in [0.717, 1.165) is 30.1 Å². The minimum absolute atomic E-state index is 0.112. The minimum atomic E-state index is -0.112. The fourth-order valence-corrected chi connectivity index (χ4v) is 3.23. The third kappa shape index (κ3) is 7.53. The summed E-state index contributed by atoms with van der Waals surface area (Å²) in [4.78, 5) is 23.1. The molecular weight excluding hydrogens is 360 g/mol. The van der Waals surface area contributed by atoms with Gasteiger partial charge in [0.2, 0.25) is 0 Å². The number of rotatable bonds is 9. The van der Waals surface area contributed by atoms with Crippen molar-refractivity contribution >= 4 is 12.1 Å². The van der Waals surface area contributed by atoms with E-state index in [1.165, 1.54) is 19.3 Å². The van der Waals surface area contributed by atoms with Crippen molar-refractivity contribution in [3.8, 4) is 0 Å². The maximum atomic E-state index is 12.1. The molecule has 0 atom stereocenters. The highest BCUT2D eigenvalue weighted by atomic mass is 16.1. The van der Waals surface area contributed by atoms with Crippen molar-refractivity contribution < 1.29 is 4.79 Å². The Labute approximate surface area is 174 Å². The lowest BCUT2D eigenvalue weighted by atomic mass is 10.1. The fourth-order valence-electron chi connectivity index (χ4n) is 3.23. The number of allylic oxidation sites excluding steroid dienone is 6. The number of hydrogen-bond acceptors (Lipinski definition) is 4. The summed E-state index contributed by atoms with van der Waals surface area (Å²) < 4.78 is 0. The predicted molar refractivity (Wildman–Crippen MR) is 121 cm³/mol. The van der Waals surface area contributed by atoms with Gasteiger partial charge < -0.3 is 10.2 Å². The van der Waals surface area contributed by atoms with Crippen molar-refractivity contribution in [3.05, 3.63) is 77.8 Å². The Hall–Kier alpha value is -2.95. The molecule has 0 radical (unpaired) electrons. The maximum absolute atomic E-state index is 12.1. The summed E-state index contributed by atoms with van der Waals surface area (Å²) in [6, 6.07) is 3.57. The molecule has 154 valence electrons. The van der Waals surface area contributed by atoms with Gasteiger partial charge >= 0.3 is 0 Å². The van der Waals surface area contributed by atoms with Crippen LogP contribution in [0, 0.1) is 0 Å². The number of carbonyl (C=O) groups is 1. The minimum Gasteiger partial charge on any atom is -0.370 e. The van der Waals surface area contributed by atoms with E-state index in [-0.39, 0.29) is 5.91 Å². The number of amides is 1. The van der Waals surface area contributed by atoms with Gasteiger partial charge in [0.1, 0.15) is 0 Å². The highest BCUT2D eigenvalue weighted by Crippen LogP contribution is 2.14. The first kappa shape index (κ1) is 22.3. The van der Waals surface area contributed by atoms with E-state index in [2.05, 4.69) is 51.1 Å². The molecule has 29 heavy (non-hydrogen) atoms. The molecule has 5 heteroatoms. The van der Waals surface area contributed by atoms with Gasteiger partial charge in [0.25, 0.3) is 5.91 Å². The number of aromatic nitrogens is 1. The van der Waals surface area contributed by atoms with Gasteiger partial charge in [-0.25, -0.2) is 0 Å². The van der Waals surface area contributed by atoms with E-state index in [9.17, 15) is 4.79 Å². The van der Waals surface area contributed by atoms with Crippen molar-refractivity contribution in [2.45, 2.75) is 32.6 Å². The molecule has 2 rings (SSSR count). The van der Waals surface area contributed by atoms with Crippen molar-refractivity contribution in [1.82, 2.24) is 15.2 Å². The summed E-state index contributed by atoms with van der Waals surface area (Å²) in [5, 5.41) is 2.79. The molecule has 5 nitrogen and oxygen atoms in total. The zero-order chi connectivity index (χ0) is 20.9. The lowest BCUT2D eigenvalue weighted by molar-refractivity contribution is 0.0958. The summed E-state index contributed by atoms with van der Waals surface area (Å²) in [5.74, 6) is -0.112. The molecule has 2 heterocycles. The topological polar surface area (TPSA) is 57.6 Å². The van der Waals surface area contributed by atoms with Gasteiger partial charge in [-0.3, -0.25) is 14.8 Å². The van der Waals surface area contributed by atoms with Gasteiger partial charge in [-0.1, -0.05) is 24.3 Å². The normalized spacial score (nSPS) is 15.9. The molecule has 1 aliphatic rings. The molecule has 0 bridgehead atoms. The van der Waals surface area contributed by atoms with Crippen molar-refractivity contribution in [2.75, 3.05) is 26.7 Å². The number of aliphatic imine (C=N–C) groups is 1. The van der Waals surface area contributed by atoms with Gasteiger partial charge in [-0.2, -0.15) is 0 Å². The number of pyridine rings is 1. The Morgan fingerprint density at radius 1 is 1.34 bits per heavy atom. The molecule has 0 unspecified atom stereocenters. The second kappa shape index (κ2) is 12.5. The Morgan fingerprint density at radius 3 is 2.83 bits per heavy atom. The summed E-state index contributed by atoms with van der Waals surface area (Å²) in [7, 11) is 1.81. The van der Waals surface area contributed by atoms with Gasteiger partial charge in [-0.15, -0.1) is 6.58 Å². The molecule has 1 N–H and O–H groups in total. The Kier molecular flexibility index (Phi) is 9.63.